The van der Waals surface area contributed by atoms with Gasteiger partial charge >= 0.3 is 0 Å². The van der Waals surface area contributed by atoms with E-state index in [1.54, 1.807) is 12.3 Å². The number of nitrogen functional groups attached to an aromatic ring is 1. The van der Waals surface area contributed by atoms with Crippen LogP contribution in [-0.2, 0) is 0 Å². The van der Waals surface area contributed by atoms with Crippen LogP contribution >= 0.6 is 0 Å². The maximum absolute atomic E-state index is 11.5. The second kappa shape index (κ2) is 4.15. The van der Waals surface area contributed by atoms with Crippen LogP contribution in [0.5, 0.6) is 0 Å². The fraction of sp³-hybridized carbons (Fsp3) is 0.538. The summed E-state index contributed by atoms with van der Waals surface area (Å²) in [6.45, 7) is 0.988. The molecule has 18 heavy (non-hydrogen) atoms. The fourth-order valence-corrected chi connectivity index (χ4v) is 2.26. The summed E-state index contributed by atoms with van der Waals surface area (Å²) < 4.78 is 0. The first-order valence-corrected chi connectivity index (χ1v) is 6.47. The Morgan fingerprint density at radius 3 is 2.67 bits per heavy atom. The Morgan fingerprint density at radius 1 is 1.39 bits per heavy atom. The molecule has 5 nitrogen and oxygen atoms in total. The molecule has 1 aromatic rings. The van der Waals surface area contributed by atoms with E-state index >= 15 is 0 Å². The molecule has 0 atom stereocenters. The number of carbonyl (C=O) groups is 1. The molecule has 0 aliphatic heterocycles. The Bertz CT molecular complexity index is 480. The van der Waals surface area contributed by atoms with Gasteiger partial charge in [-0.2, -0.15) is 0 Å². The summed E-state index contributed by atoms with van der Waals surface area (Å²) in [6.07, 6.45) is 6.52. The lowest BCUT2D eigenvalue weighted by atomic mass is 10.2. The summed E-state index contributed by atoms with van der Waals surface area (Å²) in [5, 5.41) is 0. The van der Waals surface area contributed by atoms with E-state index in [4.69, 9.17) is 11.5 Å². The van der Waals surface area contributed by atoms with Crippen LogP contribution in [0.1, 0.15) is 36.0 Å². The molecule has 2 aliphatic rings. The average molecular weight is 246 g/mol. The molecule has 96 valence electrons. The molecular formula is C13H18N4O. The Balaban J connectivity index is 1.93. The molecule has 2 fully saturated rings. The summed E-state index contributed by atoms with van der Waals surface area (Å²) in [6, 6.07) is 2.16. The number of nitrogens with zero attached hydrogens (tertiary/aromatic N) is 2. The van der Waals surface area contributed by atoms with Crippen molar-refractivity contribution in [3.8, 4) is 0 Å². The molecule has 5 heteroatoms. The minimum absolute atomic E-state index is 0.447. The largest absolute Gasteiger partial charge is 0.397 e. The molecule has 4 N–H and O–H groups in total. The minimum Gasteiger partial charge on any atom is -0.397 e. The van der Waals surface area contributed by atoms with Crippen LogP contribution in [0.15, 0.2) is 12.3 Å². The highest BCUT2D eigenvalue weighted by molar-refractivity contribution is 5.98. The predicted molar refractivity (Wildman–Crippen MR) is 70.3 cm³/mol. The second-order valence-electron chi connectivity index (χ2n) is 5.33. The highest BCUT2D eigenvalue weighted by atomic mass is 16.1. The highest BCUT2D eigenvalue weighted by Crippen LogP contribution is 2.38. The van der Waals surface area contributed by atoms with Gasteiger partial charge in [0.1, 0.15) is 5.82 Å². The quantitative estimate of drug-likeness (QED) is 0.815. The molecule has 1 aromatic heterocycles. The normalized spacial score (nSPS) is 18.7. The molecule has 2 aliphatic carbocycles. The first kappa shape index (κ1) is 11.3. The third-order valence-electron chi connectivity index (χ3n) is 3.56. The van der Waals surface area contributed by atoms with E-state index in [-0.39, 0.29) is 0 Å². The van der Waals surface area contributed by atoms with Crippen LogP contribution in [0.2, 0.25) is 0 Å². The van der Waals surface area contributed by atoms with Crippen molar-refractivity contribution in [1.82, 2.24) is 4.98 Å². The maximum Gasteiger partial charge on any atom is 0.252 e. The SMILES string of the molecule is NC(=O)c1cc(N)cnc1N(CC1CC1)C1CC1. The number of rotatable bonds is 5. The van der Waals surface area contributed by atoms with Gasteiger partial charge in [0.2, 0.25) is 0 Å². The van der Waals surface area contributed by atoms with Crippen molar-refractivity contribution < 1.29 is 4.79 Å². The Labute approximate surface area is 106 Å². The third kappa shape index (κ3) is 2.25. The van der Waals surface area contributed by atoms with E-state index < -0.39 is 5.91 Å². The molecule has 0 spiro atoms. The minimum atomic E-state index is -0.453. The summed E-state index contributed by atoms with van der Waals surface area (Å²) in [7, 11) is 0. The first-order chi connectivity index (χ1) is 8.65. The monoisotopic (exact) mass is 246 g/mol. The average Bonchev–Trinajstić information content (AvgIpc) is 3.19. The molecular weight excluding hydrogens is 228 g/mol. The van der Waals surface area contributed by atoms with Crippen molar-refractivity contribution in [2.24, 2.45) is 11.7 Å². The van der Waals surface area contributed by atoms with Gasteiger partial charge in [-0.05, 0) is 37.7 Å². The zero-order valence-electron chi connectivity index (χ0n) is 10.3. The maximum atomic E-state index is 11.5. The molecule has 1 amide bonds. The van der Waals surface area contributed by atoms with Crippen LogP contribution in [0.25, 0.3) is 0 Å². The smallest absolute Gasteiger partial charge is 0.252 e. The number of hydrogen-bond acceptors (Lipinski definition) is 4. The van der Waals surface area contributed by atoms with E-state index in [2.05, 4.69) is 9.88 Å². The van der Waals surface area contributed by atoms with Crippen molar-refractivity contribution in [2.45, 2.75) is 31.7 Å². The Morgan fingerprint density at radius 2 is 2.11 bits per heavy atom. The van der Waals surface area contributed by atoms with Crippen molar-refractivity contribution in [2.75, 3.05) is 17.2 Å². The molecule has 2 saturated carbocycles. The summed E-state index contributed by atoms with van der Waals surface area (Å²) in [5.41, 5.74) is 12.0. The predicted octanol–water partition coefficient (Wildman–Crippen LogP) is 1.14. The van der Waals surface area contributed by atoms with Gasteiger partial charge in [-0.25, -0.2) is 4.98 Å². The third-order valence-corrected chi connectivity index (χ3v) is 3.56. The van der Waals surface area contributed by atoms with Gasteiger partial charge in [-0.3, -0.25) is 4.79 Å². The number of nitrogens with two attached hydrogens (primary N) is 2. The lowest BCUT2D eigenvalue weighted by Gasteiger charge is -2.25. The van der Waals surface area contributed by atoms with Crippen molar-refractivity contribution in [3.63, 3.8) is 0 Å². The lowest BCUT2D eigenvalue weighted by Crippen LogP contribution is -2.31. The number of carbonyl (C=O) groups excluding carboxylic acids is 1. The molecule has 0 saturated heterocycles. The zero-order valence-corrected chi connectivity index (χ0v) is 10.3. The second-order valence-corrected chi connectivity index (χ2v) is 5.33. The van der Waals surface area contributed by atoms with E-state index in [0.717, 1.165) is 12.5 Å². The van der Waals surface area contributed by atoms with Crippen LogP contribution in [0.4, 0.5) is 11.5 Å². The van der Waals surface area contributed by atoms with Crippen LogP contribution in [0.3, 0.4) is 0 Å². The topological polar surface area (TPSA) is 85.2 Å². The summed E-state index contributed by atoms with van der Waals surface area (Å²) >= 11 is 0. The first-order valence-electron chi connectivity index (χ1n) is 6.47. The molecule has 0 unspecified atom stereocenters. The van der Waals surface area contributed by atoms with Gasteiger partial charge in [0.25, 0.3) is 5.91 Å². The van der Waals surface area contributed by atoms with Gasteiger partial charge in [0.05, 0.1) is 17.4 Å². The summed E-state index contributed by atoms with van der Waals surface area (Å²) in [4.78, 5) is 18.1. The van der Waals surface area contributed by atoms with E-state index in [0.29, 0.717) is 23.1 Å². The Hall–Kier alpha value is -1.78. The van der Waals surface area contributed by atoms with Crippen LogP contribution in [0, 0.1) is 5.92 Å². The number of pyridine rings is 1. The van der Waals surface area contributed by atoms with Crippen molar-refractivity contribution in [3.05, 3.63) is 17.8 Å². The standard InChI is InChI=1S/C13H18N4O/c14-9-5-11(12(15)18)13(16-6-9)17(10-3-4-10)7-8-1-2-8/h5-6,8,10H,1-4,7,14H2,(H2,15,18). The molecule has 0 radical (unpaired) electrons. The van der Waals surface area contributed by atoms with Gasteiger partial charge < -0.3 is 16.4 Å². The molecule has 1 heterocycles. The van der Waals surface area contributed by atoms with E-state index in [1.165, 1.54) is 25.7 Å². The zero-order chi connectivity index (χ0) is 12.7. The van der Waals surface area contributed by atoms with Crippen LogP contribution in [-0.4, -0.2) is 23.5 Å². The van der Waals surface area contributed by atoms with E-state index in [9.17, 15) is 4.79 Å². The van der Waals surface area contributed by atoms with Crippen LogP contribution < -0.4 is 16.4 Å². The number of anilines is 2. The number of primary amides is 1. The number of amides is 1. The van der Waals surface area contributed by atoms with Gasteiger partial charge in [0.15, 0.2) is 0 Å². The number of aromatic nitrogens is 1. The van der Waals surface area contributed by atoms with Crippen molar-refractivity contribution >= 4 is 17.4 Å². The molecule has 0 aromatic carbocycles. The van der Waals surface area contributed by atoms with E-state index in [1.807, 2.05) is 0 Å². The highest BCUT2D eigenvalue weighted by Gasteiger charge is 2.35. The lowest BCUT2D eigenvalue weighted by molar-refractivity contribution is 0.100. The van der Waals surface area contributed by atoms with Gasteiger partial charge in [-0.15, -0.1) is 0 Å². The molecule has 3 rings (SSSR count). The van der Waals surface area contributed by atoms with Gasteiger partial charge in [0, 0.05) is 12.6 Å². The fourth-order valence-electron chi connectivity index (χ4n) is 2.26. The molecule has 0 bridgehead atoms. The van der Waals surface area contributed by atoms with Gasteiger partial charge in [-0.1, -0.05) is 0 Å². The Kier molecular flexibility index (Phi) is 2.61. The number of hydrogen-bond donors (Lipinski definition) is 2. The van der Waals surface area contributed by atoms with Crippen molar-refractivity contribution in [1.29, 1.82) is 0 Å². The summed E-state index contributed by atoms with van der Waals surface area (Å²) in [5.74, 6) is 1.02.